The Kier molecular flexibility index (Phi) is 11.1. The minimum absolute atomic E-state index is 0.000985. The van der Waals surface area contributed by atoms with Crippen LogP contribution in [-0.2, 0) is 11.2 Å². The highest BCUT2D eigenvalue weighted by Gasteiger charge is 2.24. The number of nitrogens with one attached hydrogen (secondary N) is 1. The fourth-order valence-corrected chi connectivity index (χ4v) is 4.97. The van der Waals surface area contributed by atoms with Gasteiger partial charge in [0.2, 0.25) is 0 Å². The van der Waals surface area contributed by atoms with Crippen LogP contribution in [0.4, 0.5) is 0 Å². The SMILES string of the molecule is COc1cc(CCN(CCC(=O)O)C(=O)c2ccccc2-c2ccccc2C(=O)NC(CO)c2ccccc2)cc(OC)c1. The van der Waals surface area contributed by atoms with Gasteiger partial charge in [-0.2, -0.15) is 0 Å². The number of carboxylic acids is 1. The third kappa shape index (κ3) is 8.02. The molecule has 2 amide bonds. The summed E-state index contributed by atoms with van der Waals surface area (Å²) in [6.45, 7) is -0.0418. The topological polar surface area (TPSA) is 125 Å². The molecule has 0 aromatic heterocycles. The number of nitrogens with zero attached hydrogens (tertiary/aromatic N) is 1. The molecule has 1 unspecified atom stereocenters. The number of amides is 2. The van der Waals surface area contributed by atoms with E-state index in [2.05, 4.69) is 5.32 Å². The van der Waals surface area contributed by atoms with E-state index in [4.69, 9.17) is 9.47 Å². The minimum atomic E-state index is -1.02. The number of aliphatic carboxylic acids is 1. The second-order valence-corrected chi connectivity index (χ2v) is 10.1. The normalized spacial score (nSPS) is 11.3. The number of methoxy groups -OCH3 is 2. The van der Waals surface area contributed by atoms with Gasteiger partial charge in [0, 0.05) is 30.3 Å². The highest BCUT2D eigenvalue weighted by Crippen LogP contribution is 2.29. The van der Waals surface area contributed by atoms with Crippen LogP contribution in [0.1, 0.15) is 44.3 Å². The lowest BCUT2D eigenvalue weighted by Gasteiger charge is -2.24. The molecule has 0 saturated carbocycles. The summed E-state index contributed by atoms with van der Waals surface area (Å²) < 4.78 is 10.7. The number of aliphatic hydroxyl groups is 1. The molecule has 0 spiro atoms. The Morgan fingerprint density at radius 2 is 1.34 bits per heavy atom. The van der Waals surface area contributed by atoms with Crippen molar-refractivity contribution in [2.45, 2.75) is 18.9 Å². The number of ether oxygens (including phenoxy) is 2. The van der Waals surface area contributed by atoms with E-state index >= 15 is 0 Å². The molecular weight excluding hydrogens is 560 g/mol. The molecule has 1 atom stereocenters. The maximum absolute atomic E-state index is 14.1. The van der Waals surface area contributed by atoms with E-state index < -0.39 is 17.9 Å². The monoisotopic (exact) mass is 596 g/mol. The van der Waals surface area contributed by atoms with Gasteiger partial charge in [0.05, 0.1) is 33.3 Å². The van der Waals surface area contributed by atoms with Crippen LogP contribution in [0.15, 0.2) is 97.1 Å². The summed E-state index contributed by atoms with van der Waals surface area (Å²) in [4.78, 5) is 40.6. The molecule has 0 fully saturated rings. The van der Waals surface area contributed by atoms with Crippen LogP contribution in [0.5, 0.6) is 11.5 Å². The van der Waals surface area contributed by atoms with Crippen molar-refractivity contribution in [2.75, 3.05) is 33.9 Å². The summed E-state index contributed by atoms with van der Waals surface area (Å²) in [5, 5.41) is 22.3. The van der Waals surface area contributed by atoms with Crippen molar-refractivity contribution in [2.24, 2.45) is 0 Å². The molecule has 0 radical (unpaired) electrons. The van der Waals surface area contributed by atoms with E-state index in [9.17, 15) is 24.6 Å². The molecule has 228 valence electrons. The van der Waals surface area contributed by atoms with Gasteiger partial charge in [-0.05, 0) is 52.9 Å². The highest BCUT2D eigenvalue weighted by molar-refractivity contribution is 6.06. The number of hydrogen-bond acceptors (Lipinski definition) is 6. The molecule has 9 heteroatoms. The second kappa shape index (κ2) is 15.4. The molecule has 0 aliphatic heterocycles. The van der Waals surface area contributed by atoms with Crippen LogP contribution in [0.25, 0.3) is 11.1 Å². The summed E-state index contributed by atoms with van der Waals surface area (Å²) in [7, 11) is 3.11. The van der Waals surface area contributed by atoms with E-state index in [1.165, 1.54) is 4.90 Å². The largest absolute Gasteiger partial charge is 0.497 e. The first-order valence-electron chi connectivity index (χ1n) is 14.2. The van der Waals surface area contributed by atoms with Gasteiger partial charge >= 0.3 is 5.97 Å². The number of aliphatic hydroxyl groups excluding tert-OH is 1. The molecule has 0 aliphatic carbocycles. The van der Waals surface area contributed by atoms with Gasteiger partial charge in [-0.15, -0.1) is 0 Å². The third-order valence-electron chi connectivity index (χ3n) is 7.27. The number of hydrogen-bond donors (Lipinski definition) is 3. The van der Waals surface area contributed by atoms with Crippen molar-refractivity contribution in [3.05, 3.63) is 119 Å². The van der Waals surface area contributed by atoms with Crippen molar-refractivity contribution < 1.29 is 34.1 Å². The molecule has 0 bridgehead atoms. The molecule has 44 heavy (non-hydrogen) atoms. The number of rotatable bonds is 14. The van der Waals surface area contributed by atoms with E-state index in [-0.39, 0.29) is 32.0 Å². The predicted molar refractivity (Wildman–Crippen MR) is 167 cm³/mol. The summed E-state index contributed by atoms with van der Waals surface area (Å²) >= 11 is 0. The Hall–Kier alpha value is -5.15. The van der Waals surface area contributed by atoms with Crippen LogP contribution in [0, 0.1) is 0 Å². The van der Waals surface area contributed by atoms with E-state index in [0.29, 0.717) is 40.2 Å². The summed E-state index contributed by atoms with van der Waals surface area (Å²) in [6, 6.07) is 27.9. The Bertz CT molecular complexity index is 1570. The first-order valence-corrected chi connectivity index (χ1v) is 14.2. The average molecular weight is 597 g/mol. The number of benzene rings is 4. The van der Waals surface area contributed by atoms with Crippen LogP contribution in [0.2, 0.25) is 0 Å². The van der Waals surface area contributed by atoms with Gasteiger partial charge in [0.1, 0.15) is 11.5 Å². The minimum Gasteiger partial charge on any atom is -0.497 e. The first-order chi connectivity index (χ1) is 21.3. The average Bonchev–Trinajstić information content (AvgIpc) is 3.06. The first kappa shape index (κ1) is 31.8. The molecule has 4 aromatic rings. The van der Waals surface area contributed by atoms with Gasteiger partial charge in [-0.1, -0.05) is 66.7 Å². The second-order valence-electron chi connectivity index (χ2n) is 10.1. The number of carbonyl (C=O) groups excluding carboxylic acids is 2. The number of carboxylic acid groups (broad SMARTS) is 1. The maximum atomic E-state index is 14.1. The summed E-state index contributed by atoms with van der Waals surface area (Å²) in [5.41, 5.74) is 3.37. The highest BCUT2D eigenvalue weighted by atomic mass is 16.5. The molecule has 4 aromatic carbocycles. The van der Waals surface area contributed by atoms with Gasteiger partial charge < -0.3 is 29.9 Å². The van der Waals surface area contributed by atoms with Crippen molar-refractivity contribution in [3.8, 4) is 22.6 Å². The Labute approximate surface area is 256 Å². The zero-order chi connectivity index (χ0) is 31.5. The van der Waals surface area contributed by atoms with Crippen LogP contribution >= 0.6 is 0 Å². The standard InChI is InChI=1S/C35H36N2O7/c1-43-26-20-24(21-27(22-26)44-2)16-18-37(19-17-33(39)40)35(42)31-15-9-7-13-29(31)28-12-6-8-14-30(28)34(41)36-32(23-38)25-10-4-3-5-11-25/h3-15,20-22,32,38H,16-19,23H2,1-2H3,(H,36,41)(H,39,40). The molecule has 0 heterocycles. The lowest BCUT2D eigenvalue weighted by molar-refractivity contribution is -0.137. The van der Waals surface area contributed by atoms with E-state index in [0.717, 1.165) is 11.1 Å². The third-order valence-corrected chi connectivity index (χ3v) is 7.27. The van der Waals surface area contributed by atoms with Crippen LogP contribution in [0.3, 0.4) is 0 Å². The molecule has 3 N–H and O–H groups in total. The quantitative estimate of drug-likeness (QED) is 0.187. The molecule has 4 rings (SSSR count). The van der Waals surface area contributed by atoms with Gasteiger partial charge in [0.25, 0.3) is 11.8 Å². The van der Waals surface area contributed by atoms with Crippen molar-refractivity contribution in [1.82, 2.24) is 10.2 Å². The lowest BCUT2D eigenvalue weighted by Crippen LogP contribution is -2.35. The molecule has 0 aliphatic rings. The van der Waals surface area contributed by atoms with Crippen LogP contribution in [-0.4, -0.2) is 66.8 Å². The van der Waals surface area contributed by atoms with E-state index in [1.54, 1.807) is 68.8 Å². The van der Waals surface area contributed by atoms with Gasteiger partial charge in [-0.25, -0.2) is 0 Å². The fourth-order valence-electron chi connectivity index (χ4n) is 4.97. The smallest absolute Gasteiger partial charge is 0.305 e. The van der Waals surface area contributed by atoms with Crippen molar-refractivity contribution >= 4 is 17.8 Å². The summed E-state index contributed by atoms with van der Waals surface area (Å²) in [5.74, 6) is -0.555. The number of carbonyl (C=O) groups is 3. The van der Waals surface area contributed by atoms with Crippen molar-refractivity contribution in [3.63, 3.8) is 0 Å². The Balaban J connectivity index is 1.64. The van der Waals surface area contributed by atoms with Crippen LogP contribution < -0.4 is 14.8 Å². The summed E-state index contributed by atoms with van der Waals surface area (Å²) in [6.07, 6.45) is 0.207. The Morgan fingerprint density at radius 3 is 1.93 bits per heavy atom. The van der Waals surface area contributed by atoms with E-state index in [1.807, 2.05) is 42.5 Å². The fraction of sp³-hybridized carbons (Fsp3) is 0.229. The Morgan fingerprint density at radius 1 is 0.773 bits per heavy atom. The predicted octanol–water partition coefficient (Wildman–Crippen LogP) is 4.99. The molecule has 9 nitrogen and oxygen atoms in total. The van der Waals surface area contributed by atoms with Gasteiger partial charge in [-0.3, -0.25) is 14.4 Å². The zero-order valence-corrected chi connectivity index (χ0v) is 24.7. The molecular formula is C35H36N2O7. The van der Waals surface area contributed by atoms with Gasteiger partial charge in [0.15, 0.2) is 0 Å². The lowest BCUT2D eigenvalue weighted by atomic mass is 9.94. The molecule has 0 saturated heterocycles. The maximum Gasteiger partial charge on any atom is 0.305 e. The van der Waals surface area contributed by atoms with Crippen molar-refractivity contribution in [1.29, 1.82) is 0 Å². The zero-order valence-electron chi connectivity index (χ0n) is 24.7.